The maximum absolute atomic E-state index is 12.3. The minimum atomic E-state index is -0.436. The lowest BCUT2D eigenvalue weighted by atomic mass is 10.0. The predicted octanol–water partition coefficient (Wildman–Crippen LogP) is 3.27. The van der Waals surface area contributed by atoms with Gasteiger partial charge in [0.25, 0.3) is 0 Å². The Morgan fingerprint density at radius 3 is 2.45 bits per heavy atom. The van der Waals surface area contributed by atoms with Crippen LogP contribution in [0.2, 0.25) is 0 Å². The zero-order valence-corrected chi connectivity index (χ0v) is 18.6. The van der Waals surface area contributed by atoms with Gasteiger partial charge in [-0.3, -0.25) is 14.1 Å². The number of anilines is 1. The van der Waals surface area contributed by atoms with E-state index in [0.29, 0.717) is 24.3 Å². The molecule has 166 valence electrons. The largest absolute Gasteiger partial charge is 0.368 e. The van der Waals surface area contributed by atoms with E-state index in [1.807, 2.05) is 54.6 Å². The predicted molar refractivity (Wildman–Crippen MR) is 129 cm³/mol. The topological polar surface area (TPSA) is 90.7 Å². The highest BCUT2D eigenvalue weighted by atomic mass is 16.1. The number of para-hydroxylation sites is 2. The number of piperazine rings is 1. The second-order valence-electron chi connectivity index (χ2n) is 8.37. The summed E-state index contributed by atoms with van der Waals surface area (Å²) >= 11 is 0. The van der Waals surface area contributed by atoms with Crippen LogP contribution in [-0.2, 0) is 11.2 Å². The number of aromatic nitrogens is 2. The zero-order chi connectivity index (χ0) is 22.9. The van der Waals surface area contributed by atoms with Gasteiger partial charge in [0.05, 0.1) is 16.6 Å². The van der Waals surface area contributed by atoms with Crippen LogP contribution in [0.1, 0.15) is 29.7 Å². The Morgan fingerprint density at radius 1 is 1.09 bits per heavy atom. The fraction of sp³-hybridized carbons (Fsp3) is 0.269. The van der Waals surface area contributed by atoms with E-state index in [1.165, 1.54) is 0 Å². The van der Waals surface area contributed by atoms with Gasteiger partial charge in [-0.05, 0) is 35.7 Å². The average Bonchev–Trinajstić information content (AvgIpc) is 3.23. The van der Waals surface area contributed by atoms with Crippen molar-refractivity contribution in [1.82, 2.24) is 14.3 Å². The maximum atomic E-state index is 12.3. The minimum Gasteiger partial charge on any atom is -0.368 e. The van der Waals surface area contributed by atoms with Gasteiger partial charge in [-0.25, -0.2) is 4.98 Å². The standard InChI is InChI=1S/C26H26N6O/c1-2-18-16-23(32-22-11-7-6-10-21(22)29-26(32)20(18)17-27)30-12-14-31(15-13-30)24(25(28)33)19-8-4-3-5-9-19/h3-11,16,24H,2,12-15H2,1H3,(H2,28,33)/t24-/m0/s1. The van der Waals surface area contributed by atoms with Crippen LogP contribution in [0.15, 0.2) is 60.7 Å². The molecule has 7 nitrogen and oxygen atoms in total. The highest BCUT2D eigenvalue weighted by Gasteiger charge is 2.30. The molecule has 1 fully saturated rings. The molecule has 0 unspecified atom stereocenters. The zero-order valence-electron chi connectivity index (χ0n) is 18.6. The molecule has 0 bridgehead atoms. The lowest BCUT2D eigenvalue weighted by Crippen LogP contribution is -2.50. The van der Waals surface area contributed by atoms with Gasteiger partial charge in [0.15, 0.2) is 5.65 Å². The van der Waals surface area contributed by atoms with Crippen molar-refractivity contribution < 1.29 is 4.79 Å². The Bertz CT molecular complexity index is 1360. The molecule has 0 spiro atoms. The molecule has 1 aliphatic rings. The molecule has 1 aliphatic heterocycles. The fourth-order valence-electron chi connectivity index (χ4n) is 4.89. The molecular formula is C26H26N6O. The summed E-state index contributed by atoms with van der Waals surface area (Å²) in [5, 5.41) is 9.86. The summed E-state index contributed by atoms with van der Waals surface area (Å²) in [6, 6.07) is 21.8. The molecule has 33 heavy (non-hydrogen) atoms. The molecule has 2 aromatic carbocycles. The Morgan fingerprint density at radius 2 is 1.79 bits per heavy atom. The number of carbonyl (C=O) groups excluding carboxylic acids is 1. The van der Waals surface area contributed by atoms with Crippen molar-refractivity contribution in [2.24, 2.45) is 5.73 Å². The number of pyridine rings is 1. The van der Waals surface area contributed by atoms with Crippen LogP contribution in [0.25, 0.3) is 16.7 Å². The molecule has 2 aromatic heterocycles. The Hall–Kier alpha value is -3.89. The van der Waals surface area contributed by atoms with E-state index in [2.05, 4.69) is 33.3 Å². The third kappa shape index (κ3) is 3.59. The first-order valence-corrected chi connectivity index (χ1v) is 11.3. The first-order valence-electron chi connectivity index (χ1n) is 11.3. The monoisotopic (exact) mass is 438 g/mol. The van der Waals surface area contributed by atoms with Gasteiger partial charge < -0.3 is 10.6 Å². The lowest BCUT2D eigenvalue weighted by molar-refractivity contribution is -0.123. The lowest BCUT2D eigenvalue weighted by Gasteiger charge is -2.39. The van der Waals surface area contributed by atoms with Crippen LogP contribution in [0, 0.1) is 11.3 Å². The van der Waals surface area contributed by atoms with Gasteiger partial charge in [0, 0.05) is 26.2 Å². The van der Waals surface area contributed by atoms with Crippen LogP contribution < -0.4 is 10.6 Å². The molecule has 1 amide bonds. The number of amides is 1. The summed E-state index contributed by atoms with van der Waals surface area (Å²) in [6.45, 7) is 4.96. The molecular weight excluding hydrogens is 412 g/mol. The highest BCUT2D eigenvalue weighted by Crippen LogP contribution is 2.31. The number of aryl methyl sites for hydroxylation is 1. The third-order valence-corrected chi connectivity index (χ3v) is 6.52. The van der Waals surface area contributed by atoms with Crippen molar-refractivity contribution in [1.29, 1.82) is 5.26 Å². The molecule has 2 N–H and O–H groups in total. The van der Waals surface area contributed by atoms with E-state index in [-0.39, 0.29) is 5.91 Å². The molecule has 1 saturated heterocycles. The first-order chi connectivity index (χ1) is 16.1. The number of hydrogen-bond donors (Lipinski definition) is 1. The molecule has 0 aliphatic carbocycles. The Balaban J connectivity index is 1.52. The number of nitriles is 1. The number of primary amides is 1. The normalized spacial score (nSPS) is 15.6. The maximum Gasteiger partial charge on any atom is 0.239 e. The third-order valence-electron chi connectivity index (χ3n) is 6.52. The Kier molecular flexibility index (Phi) is 5.45. The van der Waals surface area contributed by atoms with Crippen molar-refractivity contribution in [3.8, 4) is 6.07 Å². The second-order valence-corrected chi connectivity index (χ2v) is 8.37. The number of fused-ring (bicyclic) bond motifs is 3. The molecule has 3 heterocycles. The average molecular weight is 439 g/mol. The second kappa shape index (κ2) is 8.57. The van der Waals surface area contributed by atoms with E-state index in [0.717, 1.165) is 47.5 Å². The van der Waals surface area contributed by atoms with Crippen LogP contribution in [0.4, 0.5) is 5.82 Å². The van der Waals surface area contributed by atoms with Gasteiger partial charge in [-0.1, -0.05) is 49.4 Å². The summed E-state index contributed by atoms with van der Waals surface area (Å²) in [4.78, 5) is 21.6. The van der Waals surface area contributed by atoms with E-state index < -0.39 is 6.04 Å². The van der Waals surface area contributed by atoms with Crippen LogP contribution in [-0.4, -0.2) is 46.4 Å². The molecule has 0 saturated carbocycles. The molecule has 4 aromatic rings. The molecule has 7 heteroatoms. The van der Waals surface area contributed by atoms with Gasteiger partial charge in [0.2, 0.25) is 5.91 Å². The van der Waals surface area contributed by atoms with Gasteiger partial charge in [0.1, 0.15) is 17.9 Å². The van der Waals surface area contributed by atoms with Crippen molar-refractivity contribution in [2.45, 2.75) is 19.4 Å². The van der Waals surface area contributed by atoms with E-state index in [4.69, 9.17) is 10.7 Å². The summed E-state index contributed by atoms with van der Waals surface area (Å²) in [7, 11) is 0. The van der Waals surface area contributed by atoms with Gasteiger partial charge in [-0.15, -0.1) is 0 Å². The van der Waals surface area contributed by atoms with E-state index in [9.17, 15) is 10.1 Å². The summed E-state index contributed by atoms with van der Waals surface area (Å²) in [6.07, 6.45) is 0.757. The number of carbonyl (C=O) groups is 1. The number of imidazole rings is 1. The SMILES string of the molecule is CCc1cc(N2CCN([C@H](C(N)=O)c3ccccc3)CC2)n2c(nc3ccccc32)c1C#N. The van der Waals surface area contributed by atoms with Gasteiger partial charge >= 0.3 is 0 Å². The fourth-order valence-corrected chi connectivity index (χ4v) is 4.89. The smallest absolute Gasteiger partial charge is 0.239 e. The van der Waals surface area contributed by atoms with Crippen molar-refractivity contribution in [3.05, 3.63) is 77.4 Å². The number of rotatable bonds is 5. The number of benzene rings is 2. The Labute approximate surface area is 192 Å². The van der Waals surface area contributed by atoms with E-state index >= 15 is 0 Å². The summed E-state index contributed by atoms with van der Waals surface area (Å²) in [5.74, 6) is 0.703. The van der Waals surface area contributed by atoms with Gasteiger partial charge in [-0.2, -0.15) is 5.26 Å². The molecule has 0 radical (unpaired) electrons. The number of nitrogens with two attached hydrogens (primary N) is 1. The van der Waals surface area contributed by atoms with Crippen molar-refractivity contribution >= 4 is 28.4 Å². The van der Waals surface area contributed by atoms with Crippen LogP contribution in [0.5, 0.6) is 0 Å². The van der Waals surface area contributed by atoms with Crippen LogP contribution in [0.3, 0.4) is 0 Å². The van der Waals surface area contributed by atoms with Crippen LogP contribution >= 0.6 is 0 Å². The minimum absolute atomic E-state index is 0.329. The molecule has 1 atom stereocenters. The van der Waals surface area contributed by atoms with Crippen molar-refractivity contribution in [2.75, 3.05) is 31.1 Å². The highest BCUT2D eigenvalue weighted by molar-refractivity contribution is 5.85. The number of nitrogens with zero attached hydrogens (tertiary/aromatic N) is 5. The quantitative estimate of drug-likeness (QED) is 0.516. The van der Waals surface area contributed by atoms with Crippen molar-refractivity contribution in [3.63, 3.8) is 0 Å². The molecule has 5 rings (SSSR count). The number of hydrogen-bond acceptors (Lipinski definition) is 5. The summed E-state index contributed by atoms with van der Waals surface area (Å²) < 4.78 is 2.10. The first kappa shape index (κ1) is 21.0. The van der Waals surface area contributed by atoms with E-state index in [1.54, 1.807) is 0 Å². The summed E-state index contributed by atoms with van der Waals surface area (Å²) in [5.41, 5.74) is 10.9.